The van der Waals surface area contributed by atoms with Crippen molar-refractivity contribution in [2.45, 2.75) is 58.3 Å². The number of nitrogens with one attached hydrogen (secondary N) is 3. The van der Waals surface area contributed by atoms with Crippen molar-refractivity contribution >= 4 is 11.8 Å². The summed E-state index contributed by atoms with van der Waals surface area (Å²) in [7, 11) is 0. The molecule has 1 aliphatic carbocycles. The van der Waals surface area contributed by atoms with Gasteiger partial charge in [-0.05, 0) is 25.7 Å². The Hall–Kier alpha value is -2.05. The average molecular weight is 362 g/mol. The highest BCUT2D eigenvalue weighted by Gasteiger charge is 2.38. The van der Waals surface area contributed by atoms with Gasteiger partial charge in [-0.3, -0.25) is 19.5 Å². The number of unbranched alkanes of at least 4 members (excludes halogenated alkanes) is 1. The van der Waals surface area contributed by atoms with Gasteiger partial charge in [0, 0.05) is 49.1 Å². The van der Waals surface area contributed by atoms with E-state index in [1.54, 1.807) is 0 Å². The van der Waals surface area contributed by atoms with Gasteiger partial charge in [-0.1, -0.05) is 26.2 Å². The summed E-state index contributed by atoms with van der Waals surface area (Å²) < 4.78 is 0. The number of aromatic nitrogens is 2. The molecule has 26 heavy (non-hydrogen) atoms. The van der Waals surface area contributed by atoms with E-state index in [4.69, 9.17) is 0 Å². The SMILES string of the molecule is CCCCNC(=O)C1CCCCC1C(=O)N1CCc2[nH][nH]c(=O)c2CC1. The van der Waals surface area contributed by atoms with Gasteiger partial charge in [0.25, 0.3) is 5.56 Å². The zero-order chi connectivity index (χ0) is 18.5. The van der Waals surface area contributed by atoms with E-state index >= 15 is 0 Å². The van der Waals surface area contributed by atoms with E-state index in [2.05, 4.69) is 22.4 Å². The molecule has 1 aliphatic heterocycles. The van der Waals surface area contributed by atoms with Crippen LogP contribution < -0.4 is 10.9 Å². The van der Waals surface area contributed by atoms with Gasteiger partial charge in [0.1, 0.15) is 0 Å². The predicted molar refractivity (Wildman–Crippen MR) is 98.8 cm³/mol. The first-order valence-corrected chi connectivity index (χ1v) is 9.96. The van der Waals surface area contributed by atoms with Crippen LogP contribution in [-0.2, 0) is 22.4 Å². The number of H-pyrrole nitrogens is 2. The lowest BCUT2D eigenvalue weighted by Gasteiger charge is -2.33. The zero-order valence-electron chi connectivity index (χ0n) is 15.6. The molecule has 2 atom stereocenters. The van der Waals surface area contributed by atoms with Crippen molar-refractivity contribution in [3.05, 3.63) is 21.6 Å². The molecule has 144 valence electrons. The number of hydrogen-bond donors (Lipinski definition) is 3. The molecule has 0 spiro atoms. The maximum atomic E-state index is 13.2. The number of hydrogen-bond acceptors (Lipinski definition) is 3. The molecule has 2 aliphatic rings. The maximum Gasteiger partial charge on any atom is 0.267 e. The van der Waals surface area contributed by atoms with Crippen molar-refractivity contribution < 1.29 is 9.59 Å². The summed E-state index contributed by atoms with van der Waals surface area (Å²) in [5.41, 5.74) is 1.58. The summed E-state index contributed by atoms with van der Waals surface area (Å²) in [5, 5.41) is 8.56. The fraction of sp³-hybridized carbons (Fsp3) is 0.737. The molecule has 3 rings (SSSR count). The van der Waals surface area contributed by atoms with Gasteiger partial charge in [0.2, 0.25) is 11.8 Å². The molecule has 1 fully saturated rings. The van der Waals surface area contributed by atoms with Crippen LogP contribution in [0, 0.1) is 11.8 Å². The number of nitrogens with zero attached hydrogens (tertiary/aromatic N) is 1. The summed E-state index contributed by atoms with van der Waals surface area (Å²) in [5.74, 6) is -0.312. The van der Waals surface area contributed by atoms with E-state index in [0.717, 1.165) is 49.8 Å². The Kier molecular flexibility index (Phi) is 6.16. The molecule has 1 aromatic rings. The lowest BCUT2D eigenvalue weighted by atomic mass is 9.77. The Labute approximate surface area is 153 Å². The lowest BCUT2D eigenvalue weighted by Crippen LogP contribution is -2.46. The summed E-state index contributed by atoms with van der Waals surface area (Å²) in [6, 6.07) is 0. The van der Waals surface area contributed by atoms with Gasteiger partial charge >= 0.3 is 0 Å². The Morgan fingerprint density at radius 1 is 1.12 bits per heavy atom. The number of fused-ring (bicyclic) bond motifs is 1. The second-order valence-electron chi connectivity index (χ2n) is 7.50. The molecule has 1 saturated carbocycles. The molecule has 1 aromatic heterocycles. The van der Waals surface area contributed by atoms with E-state index in [1.807, 2.05) is 4.90 Å². The monoisotopic (exact) mass is 362 g/mol. The number of rotatable bonds is 5. The Morgan fingerprint density at radius 3 is 2.62 bits per heavy atom. The summed E-state index contributed by atoms with van der Waals surface area (Å²) in [6.07, 6.45) is 6.82. The smallest absolute Gasteiger partial charge is 0.267 e. The van der Waals surface area contributed by atoms with Crippen LogP contribution in [0.15, 0.2) is 4.79 Å². The van der Waals surface area contributed by atoms with Crippen LogP contribution in [-0.4, -0.2) is 46.5 Å². The first-order chi connectivity index (χ1) is 12.6. The molecule has 0 aromatic carbocycles. The highest BCUT2D eigenvalue weighted by atomic mass is 16.2. The maximum absolute atomic E-state index is 13.2. The second kappa shape index (κ2) is 8.56. The van der Waals surface area contributed by atoms with Crippen LogP contribution in [0.5, 0.6) is 0 Å². The van der Waals surface area contributed by atoms with Crippen LogP contribution in [0.2, 0.25) is 0 Å². The van der Waals surface area contributed by atoms with Gasteiger partial charge in [-0.25, -0.2) is 0 Å². The number of aromatic amines is 2. The molecule has 2 heterocycles. The average Bonchev–Trinajstić information content (AvgIpc) is 2.88. The Bertz CT molecular complexity index is 693. The van der Waals surface area contributed by atoms with Gasteiger partial charge in [-0.15, -0.1) is 0 Å². The molecule has 3 N–H and O–H groups in total. The number of carbonyl (C=O) groups is 2. The van der Waals surface area contributed by atoms with Crippen molar-refractivity contribution in [2.75, 3.05) is 19.6 Å². The highest BCUT2D eigenvalue weighted by molar-refractivity contribution is 5.88. The van der Waals surface area contributed by atoms with Crippen molar-refractivity contribution in [1.29, 1.82) is 0 Å². The zero-order valence-corrected chi connectivity index (χ0v) is 15.6. The molecule has 7 nitrogen and oxygen atoms in total. The van der Waals surface area contributed by atoms with Crippen molar-refractivity contribution in [3.8, 4) is 0 Å². The Morgan fingerprint density at radius 2 is 1.85 bits per heavy atom. The lowest BCUT2D eigenvalue weighted by molar-refractivity contribution is -0.143. The van der Waals surface area contributed by atoms with E-state index in [1.165, 1.54) is 0 Å². The summed E-state index contributed by atoms with van der Waals surface area (Å²) >= 11 is 0. The van der Waals surface area contributed by atoms with Crippen LogP contribution in [0.3, 0.4) is 0 Å². The standard InChI is InChI=1S/C19H30N4O3/c1-2-3-10-20-17(24)13-6-4-5-7-14(13)19(26)23-11-8-15-16(9-12-23)21-22-18(15)25/h13-14H,2-12H2,1H3,(H,20,24)(H2,21,22,25). The predicted octanol–water partition coefficient (Wildman–Crippen LogP) is 1.35. The minimum absolute atomic E-state index is 0.0352. The fourth-order valence-corrected chi connectivity index (χ4v) is 4.22. The third-order valence-electron chi connectivity index (χ3n) is 5.79. The van der Waals surface area contributed by atoms with Crippen LogP contribution in [0.25, 0.3) is 0 Å². The largest absolute Gasteiger partial charge is 0.356 e. The summed E-state index contributed by atoms with van der Waals surface area (Å²) in [4.78, 5) is 39.4. The third kappa shape index (κ3) is 4.02. The van der Waals surface area contributed by atoms with Crippen molar-refractivity contribution in [3.63, 3.8) is 0 Å². The van der Waals surface area contributed by atoms with Crippen LogP contribution in [0.4, 0.5) is 0 Å². The van der Waals surface area contributed by atoms with Gasteiger partial charge in [-0.2, -0.15) is 0 Å². The Balaban J connectivity index is 1.65. The molecule has 0 radical (unpaired) electrons. The molecule has 0 saturated heterocycles. The van der Waals surface area contributed by atoms with Gasteiger partial charge in [0.05, 0.1) is 0 Å². The van der Waals surface area contributed by atoms with Crippen LogP contribution in [0.1, 0.15) is 56.7 Å². The molecular formula is C19H30N4O3. The van der Waals surface area contributed by atoms with E-state index in [0.29, 0.717) is 32.5 Å². The van der Waals surface area contributed by atoms with Gasteiger partial charge in [0.15, 0.2) is 0 Å². The minimum Gasteiger partial charge on any atom is -0.356 e. The molecular weight excluding hydrogens is 332 g/mol. The van der Waals surface area contributed by atoms with E-state index < -0.39 is 0 Å². The molecule has 0 bridgehead atoms. The van der Waals surface area contributed by atoms with E-state index in [-0.39, 0.29) is 29.2 Å². The normalized spacial score (nSPS) is 23.2. The van der Waals surface area contributed by atoms with Gasteiger partial charge < -0.3 is 15.3 Å². The number of amides is 2. The molecule has 7 heteroatoms. The topological polar surface area (TPSA) is 98.1 Å². The summed E-state index contributed by atoms with van der Waals surface area (Å²) in [6.45, 7) is 3.93. The van der Waals surface area contributed by atoms with Crippen molar-refractivity contribution in [2.24, 2.45) is 11.8 Å². The highest BCUT2D eigenvalue weighted by Crippen LogP contribution is 2.32. The molecule has 2 amide bonds. The first-order valence-electron chi connectivity index (χ1n) is 9.96. The minimum atomic E-state index is -0.222. The fourth-order valence-electron chi connectivity index (χ4n) is 4.22. The molecule has 2 unspecified atom stereocenters. The van der Waals surface area contributed by atoms with Crippen molar-refractivity contribution in [1.82, 2.24) is 20.4 Å². The van der Waals surface area contributed by atoms with Crippen LogP contribution >= 0.6 is 0 Å². The second-order valence-corrected chi connectivity index (χ2v) is 7.50. The first kappa shape index (κ1) is 18.7. The third-order valence-corrected chi connectivity index (χ3v) is 5.79. The quantitative estimate of drug-likeness (QED) is 0.690. The van der Waals surface area contributed by atoms with E-state index in [9.17, 15) is 14.4 Å². The number of carbonyl (C=O) groups excluding carboxylic acids is 2.